The standard InChI is InChI=1S/C23H31NO8/c1-4-29-21(27)12-5-7-24(8-6-12)17-13-9-14(30-22(13)28)16-11(2)20(26)31-15(16)10-23(3)19(32-23)18(17)25/h9,11-13,15-19,25H,4-8,10H2,1-3H3. The summed E-state index contributed by atoms with van der Waals surface area (Å²) in [5.41, 5.74) is -0.630. The van der Waals surface area contributed by atoms with Crippen LogP contribution < -0.4 is 0 Å². The molecule has 8 atom stereocenters. The van der Waals surface area contributed by atoms with Gasteiger partial charge in [-0.25, -0.2) is 0 Å². The number of aliphatic hydroxyl groups excluding tert-OH is 1. The highest BCUT2D eigenvalue weighted by Gasteiger charge is 2.64. The third-order valence-electron chi connectivity index (χ3n) is 7.89. The molecule has 3 fully saturated rings. The van der Waals surface area contributed by atoms with Gasteiger partial charge in [0.1, 0.15) is 18.0 Å². The lowest BCUT2D eigenvalue weighted by Gasteiger charge is -2.40. The Hall–Kier alpha value is -1.97. The number of ether oxygens (including phenoxy) is 4. The zero-order valence-electron chi connectivity index (χ0n) is 18.7. The molecule has 1 N–H and O–H groups in total. The summed E-state index contributed by atoms with van der Waals surface area (Å²) in [7, 11) is 0. The minimum atomic E-state index is -0.918. The number of hydrogen-bond acceptors (Lipinski definition) is 9. The number of piperidine rings is 1. The van der Waals surface area contributed by atoms with Gasteiger partial charge in [0.15, 0.2) is 0 Å². The summed E-state index contributed by atoms with van der Waals surface area (Å²) in [6.45, 7) is 6.98. The van der Waals surface area contributed by atoms with Crippen molar-refractivity contribution in [2.45, 2.75) is 70.0 Å². The normalized spacial score (nSPS) is 44.1. The molecule has 0 spiro atoms. The fourth-order valence-electron chi connectivity index (χ4n) is 6.06. The second kappa shape index (κ2) is 7.81. The Labute approximate surface area is 187 Å². The minimum Gasteiger partial charge on any atom is -0.466 e. The van der Waals surface area contributed by atoms with Gasteiger partial charge in [-0.2, -0.15) is 0 Å². The molecule has 1 aliphatic carbocycles. The summed E-state index contributed by atoms with van der Waals surface area (Å²) in [6.07, 6.45) is 1.59. The van der Waals surface area contributed by atoms with Gasteiger partial charge in [0.2, 0.25) is 0 Å². The van der Waals surface area contributed by atoms with Crippen LogP contribution in [0.2, 0.25) is 0 Å². The topological polar surface area (TPSA) is 115 Å². The molecule has 0 aromatic heterocycles. The fourth-order valence-corrected chi connectivity index (χ4v) is 6.06. The van der Waals surface area contributed by atoms with Crippen molar-refractivity contribution in [2.75, 3.05) is 19.7 Å². The smallest absolute Gasteiger partial charge is 0.319 e. The highest BCUT2D eigenvalue weighted by molar-refractivity contribution is 5.81. The molecule has 0 radical (unpaired) electrons. The van der Waals surface area contributed by atoms with Gasteiger partial charge in [-0.1, -0.05) is 6.92 Å². The largest absolute Gasteiger partial charge is 0.466 e. The molecule has 0 amide bonds. The first-order valence-corrected chi connectivity index (χ1v) is 11.6. The van der Waals surface area contributed by atoms with E-state index in [1.54, 1.807) is 19.9 Å². The van der Waals surface area contributed by atoms with E-state index < -0.39 is 47.8 Å². The Bertz CT molecular complexity index is 849. The van der Waals surface area contributed by atoms with E-state index in [1.165, 1.54) is 0 Å². The fraction of sp³-hybridized carbons (Fsp3) is 0.783. The number of aliphatic hydroxyl groups is 1. The van der Waals surface area contributed by atoms with E-state index in [0.29, 0.717) is 44.7 Å². The van der Waals surface area contributed by atoms with E-state index in [2.05, 4.69) is 4.90 Å². The zero-order chi connectivity index (χ0) is 22.8. The number of likely N-dealkylation sites (tertiary alicyclic amines) is 1. The van der Waals surface area contributed by atoms with Crippen LogP contribution >= 0.6 is 0 Å². The third-order valence-corrected chi connectivity index (χ3v) is 7.89. The van der Waals surface area contributed by atoms with Crippen LogP contribution in [0, 0.1) is 23.7 Å². The van der Waals surface area contributed by atoms with Crippen LogP contribution in [0.15, 0.2) is 11.8 Å². The van der Waals surface area contributed by atoms with Gasteiger partial charge in [0.25, 0.3) is 0 Å². The summed E-state index contributed by atoms with van der Waals surface area (Å²) in [4.78, 5) is 39.5. The van der Waals surface area contributed by atoms with Gasteiger partial charge in [0, 0.05) is 6.42 Å². The molecule has 5 rings (SSSR count). The first-order valence-electron chi connectivity index (χ1n) is 11.6. The second-order valence-corrected chi connectivity index (χ2v) is 9.90. The Morgan fingerprint density at radius 2 is 2.00 bits per heavy atom. The molecule has 0 aromatic carbocycles. The van der Waals surface area contributed by atoms with Crippen LogP contribution in [0.25, 0.3) is 0 Å². The lowest BCUT2D eigenvalue weighted by atomic mass is 9.79. The molecule has 176 valence electrons. The van der Waals surface area contributed by atoms with Crippen LogP contribution in [-0.2, 0) is 33.3 Å². The number of nitrogens with zero attached hydrogens (tertiary/aromatic N) is 1. The van der Waals surface area contributed by atoms with Gasteiger partial charge in [-0.05, 0) is 45.9 Å². The molecule has 0 saturated carbocycles. The van der Waals surface area contributed by atoms with E-state index in [4.69, 9.17) is 18.9 Å². The second-order valence-electron chi connectivity index (χ2n) is 9.90. The van der Waals surface area contributed by atoms with Crippen LogP contribution in [-0.4, -0.2) is 77.6 Å². The molecule has 5 aliphatic rings. The zero-order valence-corrected chi connectivity index (χ0v) is 18.7. The van der Waals surface area contributed by atoms with Crippen LogP contribution in [0.4, 0.5) is 0 Å². The minimum absolute atomic E-state index is 0.171. The molecule has 2 bridgehead atoms. The van der Waals surface area contributed by atoms with E-state index in [9.17, 15) is 19.5 Å². The first kappa shape index (κ1) is 21.9. The molecule has 32 heavy (non-hydrogen) atoms. The average Bonchev–Trinajstić information content (AvgIpc) is 3.16. The summed E-state index contributed by atoms with van der Waals surface area (Å²) >= 11 is 0. The quantitative estimate of drug-likeness (QED) is 0.379. The predicted octanol–water partition coefficient (Wildman–Crippen LogP) is 0.787. The number of carbonyl (C=O) groups excluding carboxylic acids is 3. The number of fused-ring (bicyclic) bond motifs is 4. The monoisotopic (exact) mass is 449 g/mol. The van der Waals surface area contributed by atoms with Crippen molar-refractivity contribution >= 4 is 17.9 Å². The predicted molar refractivity (Wildman–Crippen MR) is 109 cm³/mol. The number of carbonyl (C=O) groups is 3. The molecule has 0 aromatic rings. The number of rotatable bonds is 3. The molecular formula is C23H31NO8. The van der Waals surface area contributed by atoms with Crippen LogP contribution in [0.5, 0.6) is 0 Å². The maximum Gasteiger partial charge on any atom is 0.319 e. The lowest BCUT2D eigenvalue weighted by molar-refractivity contribution is -0.152. The molecule has 3 saturated heterocycles. The Morgan fingerprint density at radius 3 is 2.69 bits per heavy atom. The van der Waals surface area contributed by atoms with Crippen molar-refractivity contribution < 1.29 is 38.4 Å². The summed E-state index contributed by atoms with van der Waals surface area (Å²) in [5.74, 6) is -2.06. The van der Waals surface area contributed by atoms with Crippen molar-refractivity contribution in [3.63, 3.8) is 0 Å². The maximum absolute atomic E-state index is 13.0. The number of hydrogen-bond donors (Lipinski definition) is 1. The SMILES string of the molecule is CCOC(=O)C1CCN(C2C3C=C(OC3=O)C3C(CC4(C)OC4C2O)OC(=O)C3C)CC1. The van der Waals surface area contributed by atoms with Crippen molar-refractivity contribution in [1.29, 1.82) is 0 Å². The molecule has 9 nitrogen and oxygen atoms in total. The molecule has 4 aliphatic heterocycles. The Balaban J connectivity index is 1.43. The van der Waals surface area contributed by atoms with E-state index in [0.717, 1.165) is 0 Å². The van der Waals surface area contributed by atoms with Gasteiger partial charge in [0.05, 0.1) is 48.0 Å². The van der Waals surface area contributed by atoms with Crippen molar-refractivity contribution in [3.8, 4) is 0 Å². The Morgan fingerprint density at radius 1 is 1.28 bits per heavy atom. The van der Waals surface area contributed by atoms with E-state index in [1.807, 2.05) is 6.92 Å². The van der Waals surface area contributed by atoms with Gasteiger partial charge < -0.3 is 24.1 Å². The van der Waals surface area contributed by atoms with Gasteiger partial charge in [-0.3, -0.25) is 19.3 Å². The third kappa shape index (κ3) is 3.45. The van der Waals surface area contributed by atoms with Crippen molar-refractivity contribution in [3.05, 3.63) is 11.8 Å². The molecule has 4 heterocycles. The lowest BCUT2D eigenvalue weighted by Crippen LogP contribution is -2.55. The highest BCUT2D eigenvalue weighted by Crippen LogP contribution is 2.51. The van der Waals surface area contributed by atoms with Gasteiger partial charge >= 0.3 is 17.9 Å². The number of esters is 3. The molecule has 8 unspecified atom stereocenters. The summed E-state index contributed by atoms with van der Waals surface area (Å²) < 4.78 is 22.4. The van der Waals surface area contributed by atoms with E-state index >= 15 is 0 Å². The first-order chi connectivity index (χ1) is 15.2. The maximum atomic E-state index is 13.0. The summed E-state index contributed by atoms with van der Waals surface area (Å²) in [5, 5.41) is 11.4. The van der Waals surface area contributed by atoms with Crippen molar-refractivity contribution in [1.82, 2.24) is 4.90 Å². The van der Waals surface area contributed by atoms with E-state index in [-0.39, 0.29) is 23.8 Å². The summed E-state index contributed by atoms with van der Waals surface area (Å²) in [6, 6.07) is -0.528. The average molecular weight is 450 g/mol. The van der Waals surface area contributed by atoms with Gasteiger partial charge in [-0.15, -0.1) is 0 Å². The van der Waals surface area contributed by atoms with Crippen LogP contribution in [0.3, 0.4) is 0 Å². The molecular weight excluding hydrogens is 418 g/mol. The number of epoxide rings is 1. The Kier molecular flexibility index (Phi) is 5.34. The molecule has 9 heteroatoms. The highest BCUT2D eigenvalue weighted by atomic mass is 16.6. The van der Waals surface area contributed by atoms with Crippen LogP contribution in [0.1, 0.15) is 40.0 Å². The van der Waals surface area contributed by atoms with Crippen molar-refractivity contribution in [2.24, 2.45) is 23.7 Å².